The summed E-state index contributed by atoms with van der Waals surface area (Å²) < 4.78 is 0.813. The summed E-state index contributed by atoms with van der Waals surface area (Å²) in [5.74, 6) is -0.304. The average Bonchev–Trinajstić information content (AvgIpc) is 2.48. The number of anilines is 1. The van der Waals surface area contributed by atoms with Gasteiger partial charge < -0.3 is 10.6 Å². The topological polar surface area (TPSA) is 58.2 Å². The zero-order valence-electron chi connectivity index (χ0n) is 13.4. The van der Waals surface area contributed by atoms with Crippen LogP contribution in [0.4, 0.5) is 5.69 Å². The summed E-state index contributed by atoms with van der Waals surface area (Å²) in [7, 11) is 0. The van der Waals surface area contributed by atoms with E-state index in [2.05, 4.69) is 26.6 Å². The maximum atomic E-state index is 12.3. The minimum atomic E-state index is -0.280. The fraction of sp³-hybridized carbons (Fsp3) is 0.222. The van der Waals surface area contributed by atoms with Crippen molar-refractivity contribution < 1.29 is 9.59 Å². The van der Waals surface area contributed by atoms with Crippen LogP contribution in [0.1, 0.15) is 29.8 Å². The van der Waals surface area contributed by atoms with Crippen LogP contribution in [0.25, 0.3) is 0 Å². The highest BCUT2D eigenvalue weighted by molar-refractivity contribution is 9.10. The maximum Gasteiger partial charge on any atom is 0.257 e. The Morgan fingerprint density at radius 1 is 1.12 bits per heavy atom. The van der Waals surface area contributed by atoms with Gasteiger partial charge in [-0.1, -0.05) is 39.7 Å². The van der Waals surface area contributed by atoms with Crippen molar-refractivity contribution in [2.45, 2.75) is 26.3 Å². The quantitative estimate of drug-likeness (QED) is 0.768. The first-order chi connectivity index (χ1) is 11.3. The lowest BCUT2D eigenvalue weighted by molar-refractivity contribution is -0.120. The van der Waals surface area contributed by atoms with Crippen LogP contribution in [-0.4, -0.2) is 17.9 Å². The summed E-state index contributed by atoms with van der Waals surface area (Å²) in [5.41, 5.74) is 1.93. The second-order valence-corrected chi connectivity index (χ2v) is 7.00. The lowest BCUT2D eigenvalue weighted by atomic mass is 10.1. The molecule has 2 amide bonds. The van der Waals surface area contributed by atoms with Gasteiger partial charge in [0.05, 0.1) is 17.0 Å². The highest BCUT2D eigenvalue weighted by Crippen LogP contribution is 2.22. The van der Waals surface area contributed by atoms with Crippen molar-refractivity contribution in [1.29, 1.82) is 0 Å². The van der Waals surface area contributed by atoms with Crippen molar-refractivity contribution in [3.05, 3.63) is 63.1 Å². The fourth-order valence-electron chi connectivity index (χ4n) is 2.14. The van der Waals surface area contributed by atoms with Gasteiger partial charge in [0, 0.05) is 16.2 Å². The molecule has 0 heterocycles. The largest absolute Gasteiger partial charge is 0.354 e. The predicted molar refractivity (Wildman–Crippen MR) is 101 cm³/mol. The van der Waals surface area contributed by atoms with Gasteiger partial charge >= 0.3 is 0 Å². The molecule has 0 saturated heterocycles. The molecule has 2 rings (SSSR count). The van der Waals surface area contributed by atoms with Crippen molar-refractivity contribution in [2.75, 3.05) is 5.32 Å². The zero-order chi connectivity index (χ0) is 17.7. The molecule has 0 aliphatic rings. The third-order valence-corrected chi connectivity index (χ3v) is 4.01. The molecule has 2 aromatic rings. The lowest BCUT2D eigenvalue weighted by Crippen LogP contribution is -2.31. The van der Waals surface area contributed by atoms with Crippen LogP contribution in [0.3, 0.4) is 0 Å². The molecule has 0 aliphatic heterocycles. The molecule has 6 heteroatoms. The molecule has 0 spiro atoms. The van der Waals surface area contributed by atoms with Crippen molar-refractivity contribution in [1.82, 2.24) is 5.32 Å². The van der Waals surface area contributed by atoms with Crippen LogP contribution in [0, 0.1) is 0 Å². The van der Waals surface area contributed by atoms with Crippen molar-refractivity contribution in [3.63, 3.8) is 0 Å². The number of benzene rings is 2. The van der Waals surface area contributed by atoms with Gasteiger partial charge in [-0.25, -0.2) is 0 Å². The van der Waals surface area contributed by atoms with Crippen LogP contribution < -0.4 is 10.6 Å². The molecular formula is C18H18BrClN2O2. The minimum Gasteiger partial charge on any atom is -0.354 e. The first kappa shape index (κ1) is 18.5. The molecular weight excluding hydrogens is 392 g/mol. The first-order valence-corrected chi connectivity index (χ1v) is 8.67. The number of amides is 2. The summed E-state index contributed by atoms with van der Waals surface area (Å²) in [6.07, 6.45) is 0.310. The van der Waals surface area contributed by atoms with E-state index in [1.54, 1.807) is 30.3 Å². The number of carbonyl (C=O) groups excluding carboxylic acids is 2. The molecule has 0 bridgehead atoms. The van der Waals surface area contributed by atoms with E-state index in [0.29, 0.717) is 22.7 Å². The molecule has 0 unspecified atom stereocenters. The normalized spacial score (nSPS) is 10.5. The second-order valence-electron chi connectivity index (χ2n) is 5.67. The minimum absolute atomic E-state index is 0.0246. The molecule has 24 heavy (non-hydrogen) atoms. The Kier molecular flexibility index (Phi) is 6.40. The Labute approximate surface area is 154 Å². The molecule has 0 saturated carbocycles. The molecule has 0 fully saturated rings. The van der Waals surface area contributed by atoms with Crippen LogP contribution >= 0.6 is 27.5 Å². The third kappa shape index (κ3) is 5.35. The smallest absolute Gasteiger partial charge is 0.257 e. The maximum absolute atomic E-state index is 12.3. The average molecular weight is 410 g/mol. The highest BCUT2D eigenvalue weighted by atomic mass is 79.9. The van der Waals surface area contributed by atoms with Gasteiger partial charge in [-0.15, -0.1) is 0 Å². The molecule has 0 atom stereocenters. The summed E-state index contributed by atoms with van der Waals surface area (Å²) in [5, 5.41) is 6.01. The standard InChI is InChI=1S/C18H18BrClN2O2/c1-11(2)21-17(23)9-12-3-6-14(7-4-12)22-18(24)15-8-5-13(19)10-16(15)20/h3-8,10-11H,9H2,1-2H3,(H,21,23)(H,22,24). The van der Waals surface area contributed by atoms with Gasteiger partial charge in [0.2, 0.25) is 5.91 Å². The van der Waals surface area contributed by atoms with Crippen molar-refractivity contribution >= 4 is 45.0 Å². The second kappa shape index (κ2) is 8.31. The van der Waals surface area contributed by atoms with E-state index in [1.807, 2.05) is 26.0 Å². The third-order valence-electron chi connectivity index (χ3n) is 3.20. The van der Waals surface area contributed by atoms with E-state index in [1.165, 1.54) is 0 Å². The fourth-order valence-corrected chi connectivity index (χ4v) is 2.90. The summed E-state index contributed by atoms with van der Waals surface area (Å²) in [6.45, 7) is 3.84. The van der Waals surface area contributed by atoms with Crippen LogP contribution in [0.2, 0.25) is 5.02 Å². The van der Waals surface area contributed by atoms with Gasteiger partial charge in [-0.05, 0) is 49.7 Å². The Morgan fingerprint density at radius 2 is 1.79 bits per heavy atom. The van der Waals surface area contributed by atoms with E-state index >= 15 is 0 Å². The molecule has 4 nitrogen and oxygen atoms in total. The Hall–Kier alpha value is -1.85. The van der Waals surface area contributed by atoms with Gasteiger partial charge in [-0.2, -0.15) is 0 Å². The number of nitrogens with one attached hydrogen (secondary N) is 2. The monoisotopic (exact) mass is 408 g/mol. The van der Waals surface area contributed by atoms with E-state index in [-0.39, 0.29) is 17.9 Å². The Bertz CT molecular complexity index is 745. The van der Waals surface area contributed by atoms with E-state index in [4.69, 9.17) is 11.6 Å². The number of halogens is 2. The lowest BCUT2D eigenvalue weighted by Gasteiger charge is -2.10. The number of hydrogen-bond donors (Lipinski definition) is 2. The summed E-state index contributed by atoms with van der Waals surface area (Å²) >= 11 is 9.38. The summed E-state index contributed by atoms with van der Waals surface area (Å²) in [4.78, 5) is 24.0. The van der Waals surface area contributed by atoms with Crippen molar-refractivity contribution in [2.24, 2.45) is 0 Å². The van der Waals surface area contributed by atoms with Gasteiger partial charge in [0.15, 0.2) is 0 Å². The van der Waals surface area contributed by atoms with E-state index < -0.39 is 0 Å². The molecule has 126 valence electrons. The molecule has 2 aromatic carbocycles. The number of hydrogen-bond acceptors (Lipinski definition) is 2. The van der Waals surface area contributed by atoms with Gasteiger partial charge in [-0.3, -0.25) is 9.59 Å². The van der Waals surface area contributed by atoms with Crippen LogP contribution in [0.15, 0.2) is 46.9 Å². The number of rotatable bonds is 5. The Balaban J connectivity index is 2.01. The SMILES string of the molecule is CC(C)NC(=O)Cc1ccc(NC(=O)c2ccc(Br)cc2Cl)cc1. The Morgan fingerprint density at radius 3 is 2.38 bits per heavy atom. The summed E-state index contributed by atoms with van der Waals surface area (Å²) in [6, 6.07) is 12.4. The first-order valence-electron chi connectivity index (χ1n) is 7.50. The molecule has 0 aromatic heterocycles. The van der Waals surface area contributed by atoms with Crippen LogP contribution in [-0.2, 0) is 11.2 Å². The highest BCUT2D eigenvalue weighted by Gasteiger charge is 2.11. The number of carbonyl (C=O) groups is 2. The molecule has 2 N–H and O–H groups in total. The van der Waals surface area contributed by atoms with Gasteiger partial charge in [0.25, 0.3) is 5.91 Å². The zero-order valence-corrected chi connectivity index (χ0v) is 15.7. The van der Waals surface area contributed by atoms with Crippen LogP contribution in [0.5, 0.6) is 0 Å². The van der Waals surface area contributed by atoms with E-state index in [0.717, 1.165) is 10.0 Å². The molecule has 0 aliphatic carbocycles. The van der Waals surface area contributed by atoms with Gasteiger partial charge in [0.1, 0.15) is 0 Å². The van der Waals surface area contributed by atoms with Crippen molar-refractivity contribution in [3.8, 4) is 0 Å². The molecule has 0 radical (unpaired) electrons. The predicted octanol–water partition coefficient (Wildman–Crippen LogP) is 4.42. The van der Waals surface area contributed by atoms with E-state index in [9.17, 15) is 9.59 Å².